The number of ether oxygens (including phenoxy) is 2. The van der Waals surface area contributed by atoms with Crippen molar-refractivity contribution in [1.82, 2.24) is 5.32 Å². The zero-order valence-electron chi connectivity index (χ0n) is 18.5. The smallest absolute Gasteiger partial charge is 0.407 e. The largest absolute Gasteiger partial charge is 0.449 e. The number of fused-ring (bicyclic) bond motifs is 2. The summed E-state index contributed by atoms with van der Waals surface area (Å²) in [6.45, 7) is 10.3. The number of hydrogen-bond acceptors (Lipinski definition) is 3. The van der Waals surface area contributed by atoms with Gasteiger partial charge in [-0.2, -0.15) is 0 Å². The van der Waals surface area contributed by atoms with Crippen molar-refractivity contribution < 1.29 is 14.3 Å². The molecule has 2 bridgehead atoms. The molecule has 0 unspecified atom stereocenters. The molecule has 2 fully saturated rings. The van der Waals surface area contributed by atoms with Crippen LogP contribution >= 0.6 is 0 Å². The van der Waals surface area contributed by atoms with Crippen LogP contribution in [0.25, 0.3) is 0 Å². The van der Waals surface area contributed by atoms with Crippen molar-refractivity contribution in [3.63, 3.8) is 0 Å². The van der Waals surface area contributed by atoms with Gasteiger partial charge in [0.1, 0.15) is 6.61 Å². The first-order valence-electron chi connectivity index (χ1n) is 11.7. The molecule has 28 heavy (non-hydrogen) atoms. The van der Waals surface area contributed by atoms with Crippen LogP contribution in [0.3, 0.4) is 0 Å². The zero-order valence-corrected chi connectivity index (χ0v) is 18.5. The lowest BCUT2D eigenvalue weighted by molar-refractivity contribution is -0.165. The minimum atomic E-state index is -0.242. The van der Waals surface area contributed by atoms with E-state index in [9.17, 15) is 4.79 Å². The standard InChI is InChI=1S/C24H41NO3/c1-5-6-8-13-21-22-17(2)14-18(3)24(15-27-21,19(22)4)16-28-23(26)25-20-11-9-7-10-12-20/h14,18-22H,5-13,15-16H2,1-4H3,(H,25,26)/t18-,19-,21-,22+,24-/m1/s1. The van der Waals surface area contributed by atoms with Crippen LogP contribution in [-0.2, 0) is 9.47 Å². The predicted octanol–water partition coefficient (Wildman–Crippen LogP) is 5.86. The number of alkyl carbamates (subject to hydrolysis) is 1. The summed E-state index contributed by atoms with van der Waals surface area (Å²) in [4.78, 5) is 12.4. The molecular weight excluding hydrogens is 350 g/mol. The van der Waals surface area contributed by atoms with Gasteiger partial charge in [-0.3, -0.25) is 0 Å². The number of amides is 1. The third-order valence-corrected chi connectivity index (χ3v) is 7.85. The van der Waals surface area contributed by atoms with Crippen molar-refractivity contribution in [2.24, 2.45) is 23.2 Å². The second-order valence-electron chi connectivity index (χ2n) is 9.65. The van der Waals surface area contributed by atoms with Gasteiger partial charge in [0, 0.05) is 17.4 Å². The lowest BCUT2D eigenvalue weighted by atomic mass is 9.56. The Morgan fingerprint density at radius 1 is 1.25 bits per heavy atom. The fourth-order valence-electron chi connectivity index (χ4n) is 5.90. The highest BCUT2D eigenvalue weighted by Gasteiger charge is 2.53. The van der Waals surface area contributed by atoms with E-state index in [2.05, 4.69) is 39.1 Å². The normalized spacial score (nSPS) is 35.9. The maximum Gasteiger partial charge on any atom is 0.407 e. The van der Waals surface area contributed by atoms with Crippen LogP contribution < -0.4 is 5.32 Å². The highest BCUT2D eigenvalue weighted by molar-refractivity contribution is 5.67. The second-order valence-corrected chi connectivity index (χ2v) is 9.65. The number of carbonyl (C=O) groups is 1. The van der Waals surface area contributed by atoms with Crippen molar-refractivity contribution >= 4 is 6.09 Å². The number of unbranched alkanes of at least 4 members (excludes halogenated alkanes) is 2. The molecule has 5 atom stereocenters. The van der Waals surface area contributed by atoms with E-state index in [1.54, 1.807) is 0 Å². The number of allylic oxidation sites excluding steroid dienone is 1. The van der Waals surface area contributed by atoms with E-state index in [-0.39, 0.29) is 11.5 Å². The van der Waals surface area contributed by atoms with Crippen LogP contribution in [0.1, 0.15) is 85.5 Å². The van der Waals surface area contributed by atoms with Gasteiger partial charge in [0.2, 0.25) is 0 Å². The third-order valence-electron chi connectivity index (χ3n) is 7.85. The van der Waals surface area contributed by atoms with Crippen molar-refractivity contribution in [3.8, 4) is 0 Å². The number of rotatable bonds is 7. The van der Waals surface area contributed by atoms with Crippen LogP contribution in [0.2, 0.25) is 0 Å². The lowest BCUT2D eigenvalue weighted by Crippen LogP contribution is -2.57. The number of hydrogen-bond donors (Lipinski definition) is 1. The van der Waals surface area contributed by atoms with Gasteiger partial charge in [-0.05, 0) is 38.0 Å². The number of carbonyl (C=O) groups excluding carboxylic acids is 1. The van der Waals surface area contributed by atoms with Gasteiger partial charge >= 0.3 is 6.09 Å². The molecule has 1 N–H and O–H groups in total. The second kappa shape index (κ2) is 9.65. The summed E-state index contributed by atoms with van der Waals surface area (Å²) in [5, 5.41) is 3.09. The first-order valence-corrected chi connectivity index (χ1v) is 11.7. The van der Waals surface area contributed by atoms with Gasteiger partial charge in [-0.15, -0.1) is 0 Å². The molecule has 1 amide bonds. The van der Waals surface area contributed by atoms with Crippen molar-refractivity contribution in [2.45, 2.75) is 97.6 Å². The average molecular weight is 392 g/mol. The summed E-state index contributed by atoms with van der Waals surface area (Å²) >= 11 is 0. The van der Waals surface area contributed by atoms with Gasteiger partial charge in [0.15, 0.2) is 0 Å². The molecule has 1 heterocycles. The third kappa shape index (κ3) is 4.58. The summed E-state index contributed by atoms with van der Waals surface area (Å²) in [5.41, 5.74) is 1.36. The molecule has 160 valence electrons. The summed E-state index contributed by atoms with van der Waals surface area (Å²) < 4.78 is 12.2. The molecule has 3 aliphatic rings. The van der Waals surface area contributed by atoms with E-state index >= 15 is 0 Å². The summed E-state index contributed by atoms with van der Waals surface area (Å²) in [7, 11) is 0. The van der Waals surface area contributed by atoms with Crippen LogP contribution in [0.15, 0.2) is 11.6 Å². The van der Waals surface area contributed by atoms with Crippen molar-refractivity contribution in [3.05, 3.63) is 11.6 Å². The fraction of sp³-hybridized carbons (Fsp3) is 0.875. The maximum atomic E-state index is 12.4. The Kier molecular flexibility index (Phi) is 7.47. The Bertz CT molecular complexity index is 554. The van der Waals surface area contributed by atoms with Gasteiger partial charge in [0.05, 0.1) is 12.7 Å². The Morgan fingerprint density at radius 3 is 2.71 bits per heavy atom. The van der Waals surface area contributed by atoms with Crippen molar-refractivity contribution in [2.75, 3.05) is 13.2 Å². The molecule has 0 aromatic rings. The molecule has 1 saturated carbocycles. The Balaban J connectivity index is 1.62. The molecule has 4 heteroatoms. The summed E-state index contributed by atoms with van der Waals surface area (Å²) in [5.74, 6) is 1.28. The van der Waals surface area contributed by atoms with Gasteiger partial charge < -0.3 is 14.8 Å². The van der Waals surface area contributed by atoms with Gasteiger partial charge in [-0.1, -0.05) is 70.9 Å². The predicted molar refractivity (Wildman–Crippen MR) is 113 cm³/mol. The van der Waals surface area contributed by atoms with E-state index in [4.69, 9.17) is 9.47 Å². The van der Waals surface area contributed by atoms with Crippen LogP contribution in [-0.4, -0.2) is 31.5 Å². The molecule has 1 aliphatic heterocycles. The lowest BCUT2D eigenvalue weighted by Gasteiger charge is -2.55. The Hall–Kier alpha value is -1.03. The maximum absolute atomic E-state index is 12.4. The highest BCUT2D eigenvalue weighted by Crippen LogP contribution is 2.53. The SMILES string of the molecule is CCCCC[C@H]1OC[C@@]2(COC(=O)NC3CCCCC3)[C@H](C)C=C(C)[C@H]1[C@H]2C. The topological polar surface area (TPSA) is 47.6 Å². The van der Waals surface area contributed by atoms with Gasteiger partial charge in [0.25, 0.3) is 0 Å². The molecule has 0 spiro atoms. The minimum absolute atomic E-state index is 0.102. The number of nitrogens with one attached hydrogen (secondary N) is 1. The highest BCUT2D eigenvalue weighted by atomic mass is 16.6. The van der Waals surface area contributed by atoms with Crippen LogP contribution in [0, 0.1) is 23.2 Å². The molecular formula is C24H41NO3. The fourth-order valence-corrected chi connectivity index (χ4v) is 5.90. The first kappa shape index (κ1) is 21.7. The molecule has 4 nitrogen and oxygen atoms in total. The molecule has 0 aromatic heterocycles. The van der Waals surface area contributed by atoms with E-state index in [1.165, 1.54) is 44.1 Å². The summed E-state index contributed by atoms with van der Waals surface area (Å²) in [6, 6.07) is 0.292. The summed E-state index contributed by atoms with van der Waals surface area (Å²) in [6.07, 6.45) is 13.3. The van der Waals surface area contributed by atoms with Crippen molar-refractivity contribution in [1.29, 1.82) is 0 Å². The average Bonchev–Trinajstić information content (AvgIpc) is 2.67. The van der Waals surface area contributed by atoms with E-state index in [1.807, 2.05) is 0 Å². The molecule has 2 aliphatic carbocycles. The first-order chi connectivity index (χ1) is 13.5. The Morgan fingerprint density at radius 2 is 2.00 bits per heavy atom. The van der Waals surface area contributed by atoms with E-state index in [0.29, 0.717) is 43.1 Å². The van der Waals surface area contributed by atoms with E-state index < -0.39 is 0 Å². The van der Waals surface area contributed by atoms with E-state index in [0.717, 1.165) is 19.3 Å². The molecule has 1 saturated heterocycles. The molecule has 0 aromatic carbocycles. The quantitative estimate of drug-likeness (QED) is 0.437. The molecule has 3 rings (SSSR count). The monoisotopic (exact) mass is 391 g/mol. The zero-order chi connectivity index (χ0) is 20.1. The Labute approximate surface area is 171 Å². The minimum Gasteiger partial charge on any atom is -0.449 e. The van der Waals surface area contributed by atoms with Crippen LogP contribution in [0.5, 0.6) is 0 Å². The van der Waals surface area contributed by atoms with Gasteiger partial charge in [-0.25, -0.2) is 4.79 Å². The van der Waals surface area contributed by atoms with Crippen LogP contribution in [0.4, 0.5) is 4.79 Å². The molecule has 0 radical (unpaired) electrons.